The van der Waals surface area contributed by atoms with Crippen molar-refractivity contribution in [2.45, 2.75) is 199 Å². The van der Waals surface area contributed by atoms with Crippen molar-refractivity contribution < 1.29 is 43.5 Å². The molecule has 2 spiro atoms. The maximum Gasteiger partial charge on any atom is 0.309 e. The lowest BCUT2D eigenvalue weighted by Crippen LogP contribution is -2.64. The SMILES string of the molecule is CC[C@@H](C(=O)[C@@H](C)CC[C@@H]1O[C@@H]([C@@H](CC)C(=O)O)CC[C@@H]1C)[C@H]1O[C@]2(C=C[C@@H](N)[C@]3(CC[C@@](C)([C@H]4CC[C@](O)(CC)[C@H](C)O4)O3)O2)[C@H](C)C[C@@H]1C. The summed E-state index contributed by atoms with van der Waals surface area (Å²) in [5.41, 5.74) is 5.30. The van der Waals surface area contributed by atoms with E-state index in [-0.39, 0.29) is 60.0 Å². The van der Waals surface area contributed by atoms with Gasteiger partial charge in [0.15, 0.2) is 11.6 Å². The molecule has 4 fully saturated rings. The van der Waals surface area contributed by atoms with E-state index >= 15 is 0 Å². The number of carbonyl (C=O) groups is 2. The number of Topliss-reactive ketones (excluding diaryl/α,β-unsaturated/α-hetero) is 1. The van der Waals surface area contributed by atoms with Gasteiger partial charge in [-0.25, -0.2) is 0 Å². The molecule has 0 aromatic rings. The average molecular weight is 720 g/mol. The maximum absolute atomic E-state index is 14.3. The number of carboxylic acids is 1. The number of rotatable bonds is 12. The zero-order chi connectivity index (χ0) is 37.5. The normalized spacial score (nSPS) is 46.2. The fourth-order valence-corrected chi connectivity index (χ4v) is 10.1. The Balaban J connectivity index is 1.27. The van der Waals surface area contributed by atoms with E-state index in [4.69, 9.17) is 29.4 Å². The third-order valence-electron chi connectivity index (χ3n) is 14.0. The molecular weight excluding hydrogens is 650 g/mol. The molecule has 0 aromatic carbocycles. The Bertz CT molecular complexity index is 1260. The summed E-state index contributed by atoms with van der Waals surface area (Å²) in [6, 6.07) is -0.497. The van der Waals surface area contributed by atoms with E-state index in [1.54, 1.807) is 0 Å². The van der Waals surface area contributed by atoms with Gasteiger partial charge in [-0.2, -0.15) is 0 Å². The van der Waals surface area contributed by atoms with Crippen LogP contribution in [0.15, 0.2) is 12.2 Å². The van der Waals surface area contributed by atoms with Crippen molar-refractivity contribution in [1.82, 2.24) is 0 Å². The Morgan fingerprint density at radius 2 is 1.65 bits per heavy atom. The predicted octanol–water partition coefficient (Wildman–Crippen LogP) is 6.94. The van der Waals surface area contributed by atoms with Gasteiger partial charge in [0.1, 0.15) is 5.78 Å². The summed E-state index contributed by atoms with van der Waals surface area (Å²) in [6.07, 6.45) is 11.2. The van der Waals surface area contributed by atoms with Crippen LogP contribution in [0.1, 0.15) is 139 Å². The fraction of sp³-hybridized carbons (Fsp3) is 0.902. The highest BCUT2D eigenvalue weighted by atomic mass is 16.8. The molecule has 0 aromatic heterocycles. The molecule has 0 amide bonds. The van der Waals surface area contributed by atoms with Crippen molar-refractivity contribution >= 4 is 11.8 Å². The van der Waals surface area contributed by atoms with Gasteiger partial charge in [-0.15, -0.1) is 0 Å². The van der Waals surface area contributed by atoms with Crippen LogP contribution in [0.4, 0.5) is 0 Å². The largest absolute Gasteiger partial charge is 0.481 e. The number of hydrogen-bond donors (Lipinski definition) is 3. The first-order valence-corrected chi connectivity index (χ1v) is 20.3. The van der Waals surface area contributed by atoms with E-state index in [0.29, 0.717) is 57.3 Å². The van der Waals surface area contributed by atoms with Crippen LogP contribution in [0.25, 0.3) is 0 Å². The van der Waals surface area contributed by atoms with Crippen LogP contribution < -0.4 is 5.73 Å². The molecule has 51 heavy (non-hydrogen) atoms. The van der Waals surface area contributed by atoms with Crippen LogP contribution in [-0.4, -0.2) is 81.3 Å². The third kappa shape index (κ3) is 7.90. The standard InChI is InChI=1S/C41H69NO9/c1-10-29(37(44)45)32-16-13-24(4)31(48-32)15-14-25(5)35(43)30(11-2)36-26(6)23-27(7)40(49-36)20-17-33(42)41(51-40)22-21-38(9,50-41)34-18-19-39(46,12-3)28(8)47-34/h17,20,24-34,36,46H,10-16,18-19,21-23,42H2,1-9H3,(H,44,45)/t24-,25-,26-,27+,28-,29+,30-,31-,32+,33+,34+,36-,38-,39+,40-,41-/m0/s1. The second-order valence-corrected chi connectivity index (χ2v) is 17.4. The van der Waals surface area contributed by atoms with Crippen LogP contribution in [0.3, 0.4) is 0 Å². The van der Waals surface area contributed by atoms with Crippen LogP contribution in [0.5, 0.6) is 0 Å². The van der Waals surface area contributed by atoms with Gasteiger partial charge in [-0.05, 0) is 102 Å². The van der Waals surface area contributed by atoms with Gasteiger partial charge in [0.2, 0.25) is 0 Å². The maximum atomic E-state index is 14.3. The number of hydrogen-bond acceptors (Lipinski definition) is 9. The van der Waals surface area contributed by atoms with Gasteiger partial charge in [0.25, 0.3) is 0 Å². The second-order valence-electron chi connectivity index (χ2n) is 17.4. The van der Waals surface area contributed by atoms with Crippen molar-refractivity contribution in [3.8, 4) is 0 Å². The highest BCUT2D eigenvalue weighted by Gasteiger charge is 2.62. The number of carbonyl (C=O) groups excluding carboxylic acids is 1. The van der Waals surface area contributed by atoms with Gasteiger partial charge >= 0.3 is 5.97 Å². The molecule has 10 nitrogen and oxygen atoms in total. The minimum absolute atomic E-state index is 0.00556. The molecule has 5 rings (SSSR count). The summed E-state index contributed by atoms with van der Waals surface area (Å²) in [6.45, 7) is 18.5. The Kier molecular flexibility index (Phi) is 12.6. The fourth-order valence-electron chi connectivity index (χ4n) is 10.1. The molecule has 4 saturated heterocycles. The average Bonchev–Trinajstić information content (AvgIpc) is 3.44. The zero-order valence-corrected chi connectivity index (χ0v) is 32.9. The molecule has 5 heterocycles. The van der Waals surface area contributed by atoms with Crippen LogP contribution >= 0.6 is 0 Å². The zero-order valence-electron chi connectivity index (χ0n) is 32.9. The van der Waals surface area contributed by atoms with Gasteiger partial charge in [0.05, 0.1) is 53.7 Å². The molecule has 16 atom stereocenters. The monoisotopic (exact) mass is 719 g/mol. The topological polar surface area (TPSA) is 147 Å². The van der Waals surface area contributed by atoms with Crippen molar-refractivity contribution in [3.63, 3.8) is 0 Å². The first kappa shape index (κ1) is 40.8. The molecule has 5 aliphatic heterocycles. The number of aliphatic hydroxyl groups is 1. The molecule has 0 bridgehead atoms. The Labute approximate surface area is 306 Å². The molecule has 292 valence electrons. The van der Waals surface area contributed by atoms with Crippen molar-refractivity contribution in [2.75, 3.05) is 0 Å². The molecule has 4 N–H and O–H groups in total. The number of ketones is 1. The number of carboxylic acid groups (broad SMARTS) is 1. The number of ether oxygens (including phenoxy) is 5. The summed E-state index contributed by atoms with van der Waals surface area (Å²) in [5, 5.41) is 20.7. The highest BCUT2D eigenvalue weighted by molar-refractivity contribution is 5.83. The minimum Gasteiger partial charge on any atom is -0.481 e. The highest BCUT2D eigenvalue weighted by Crippen LogP contribution is 2.53. The van der Waals surface area contributed by atoms with E-state index in [9.17, 15) is 19.8 Å². The molecule has 10 heteroatoms. The Morgan fingerprint density at radius 1 is 0.941 bits per heavy atom. The number of nitrogens with two attached hydrogens (primary N) is 1. The predicted molar refractivity (Wildman–Crippen MR) is 195 cm³/mol. The third-order valence-corrected chi connectivity index (χ3v) is 14.0. The Morgan fingerprint density at radius 3 is 2.27 bits per heavy atom. The lowest BCUT2D eigenvalue weighted by Gasteiger charge is -2.54. The van der Waals surface area contributed by atoms with Gasteiger partial charge in [-0.1, -0.05) is 54.5 Å². The summed E-state index contributed by atoms with van der Waals surface area (Å²) >= 11 is 0. The first-order chi connectivity index (χ1) is 24.0. The summed E-state index contributed by atoms with van der Waals surface area (Å²) in [4.78, 5) is 26.1. The van der Waals surface area contributed by atoms with Gasteiger partial charge in [0, 0.05) is 24.2 Å². The van der Waals surface area contributed by atoms with E-state index in [0.717, 1.165) is 25.7 Å². The molecule has 0 radical (unpaired) electrons. The summed E-state index contributed by atoms with van der Waals surface area (Å²) in [7, 11) is 0. The second kappa shape index (κ2) is 15.8. The Hall–Kier alpha value is -1.40. The van der Waals surface area contributed by atoms with E-state index < -0.39 is 40.7 Å². The van der Waals surface area contributed by atoms with Crippen LogP contribution in [-0.2, 0) is 33.3 Å². The van der Waals surface area contributed by atoms with E-state index in [1.807, 2.05) is 39.8 Å². The van der Waals surface area contributed by atoms with Gasteiger partial charge < -0.3 is 39.6 Å². The lowest BCUT2D eigenvalue weighted by molar-refractivity contribution is -0.396. The van der Waals surface area contributed by atoms with Crippen molar-refractivity contribution in [2.24, 2.45) is 41.2 Å². The molecule has 0 unspecified atom stereocenters. The van der Waals surface area contributed by atoms with Gasteiger partial charge in [-0.3, -0.25) is 9.59 Å². The van der Waals surface area contributed by atoms with Crippen LogP contribution in [0, 0.1) is 35.5 Å². The molecular formula is C41H69NO9. The van der Waals surface area contributed by atoms with E-state index in [1.165, 1.54) is 0 Å². The van der Waals surface area contributed by atoms with Crippen molar-refractivity contribution in [1.29, 1.82) is 0 Å². The quantitative estimate of drug-likeness (QED) is 0.181. The smallest absolute Gasteiger partial charge is 0.309 e. The first-order valence-electron chi connectivity index (χ1n) is 20.3. The number of aliphatic carboxylic acids is 1. The lowest BCUT2D eigenvalue weighted by atomic mass is 9.74. The molecule has 0 aliphatic carbocycles. The minimum atomic E-state index is -1.10. The van der Waals surface area contributed by atoms with Crippen LogP contribution in [0.2, 0.25) is 0 Å². The van der Waals surface area contributed by atoms with Crippen molar-refractivity contribution in [3.05, 3.63) is 12.2 Å². The summed E-state index contributed by atoms with van der Waals surface area (Å²) < 4.78 is 33.9. The van der Waals surface area contributed by atoms with E-state index in [2.05, 4.69) is 34.6 Å². The molecule has 5 aliphatic rings. The summed E-state index contributed by atoms with van der Waals surface area (Å²) in [5.74, 6) is -3.31. The molecule has 0 saturated carbocycles.